The first kappa shape index (κ1) is 14.7. The predicted molar refractivity (Wildman–Crippen MR) is 91.7 cm³/mol. The molecule has 2 heteroatoms. The fraction of sp³-hybridized carbons (Fsp3) is 0.368. The smallest absolute Gasteiger partial charge is 0.0668 e. The monoisotopic (exact) mass is 298 g/mol. The van der Waals surface area contributed by atoms with Crippen molar-refractivity contribution in [1.29, 1.82) is 0 Å². The van der Waals surface area contributed by atoms with Gasteiger partial charge in [-0.1, -0.05) is 61.9 Å². The van der Waals surface area contributed by atoms with Crippen LogP contribution in [-0.4, -0.2) is 17.5 Å². The van der Waals surface area contributed by atoms with E-state index >= 15 is 0 Å². The fourth-order valence-electron chi connectivity index (χ4n) is 3.45. The van der Waals surface area contributed by atoms with Crippen LogP contribution < -0.4 is 0 Å². The molecule has 1 aliphatic carbocycles. The minimum Gasteiger partial charge on any atom is -0.396 e. The molecular weight excluding hydrogens is 276 g/mol. The van der Waals surface area contributed by atoms with Crippen molar-refractivity contribution in [3.05, 3.63) is 59.7 Å². The van der Waals surface area contributed by atoms with Gasteiger partial charge in [0.25, 0.3) is 0 Å². The van der Waals surface area contributed by atoms with Crippen LogP contribution in [0.25, 0.3) is 11.1 Å². The maximum Gasteiger partial charge on any atom is 0.0668 e. The van der Waals surface area contributed by atoms with Gasteiger partial charge in [0, 0.05) is 6.61 Å². The Morgan fingerprint density at radius 2 is 1.52 bits per heavy atom. The largest absolute Gasteiger partial charge is 0.396 e. The molecule has 0 atom stereocenters. The van der Waals surface area contributed by atoms with Crippen LogP contribution in [0.4, 0.5) is 0 Å². The van der Waals surface area contributed by atoms with Crippen molar-refractivity contribution in [3.63, 3.8) is 0 Å². The minimum atomic E-state index is 0.0666. The van der Waals surface area contributed by atoms with Gasteiger partial charge < -0.3 is 5.11 Å². The number of aliphatic hydroxyl groups is 1. The van der Waals surface area contributed by atoms with Crippen molar-refractivity contribution >= 4 is 11.8 Å². The molecule has 0 bridgehead atoms. The Hall–Kier alpha value is -1.25. The van der Waals surface area contributed by atoms with E-state index in [1.807, 2.05) is 11.8 Å². The first-order valence-corrected chi connectivity index (χ1v) is 8.76. The third-order valence-corrected chi connectivity index (χ3v) is 5.90. The zero-order chi connectivity index (χ0) is 14.7. The molecule has 0 spiro atoms. The third kappa shape index (κ3) is 2.41. The lowest BCUT2D eigenvalue weighted by Gasteiger charge is -2.31. The average molecular weight is 298 g/mol. The normalized spacial score (nSPS) is 14.8. The molecule has 21 heavy (non-hydrogen) atoms. The van der Waals surface area contributed by atoms with Crippen LogP contribution in [0.5, 0.6) is 0 Å². The number of aliphatic hydroxyl groups excluding tert-OH is 1. The van der Waals surface area contributed by atoms with Crippen LogP contribution in [0.15, 0.2) is 48.5 Å². The Labute approximate surface area is 131 Å². The molecule has 2 aromatic carbocycles. The second-order valence-corrected chi connectivity index (χ2v) is 6.99. The molecule has 2 aromatic rings. The highest BCUT2D eigenvalue weighted by molar-refractivity contribution is 8.00. The molecule has 0 unspecified atom stereocenters. The van der Waals surface area contributed by atoms with Gasteiger partial charge in [0.2, 0.25) is 0 Å². The highest BCUT2D eigenvalue weighted by Crippen LogP contribution is 2.57. The summed E-state index contributed by atoms with van der Waals surface area (Å²) in [6.07, 6.45) is 3.17. The third-order valence-electron chi connectivity index (χ3n) is 4.27. The van der Waals surface area contributed by atoms with Gasteiger partial charge in [-0.05, 0) is 40.8 Å². The van der Waals surface area contributed by atoms with Crippen molar-refractivity contribution in [3.8, 4) is 11.1 Å². The average Bonchev–Trinajstić information content (AvgIpc) is 2.80. The molecule has 0 heterocycles. The Morgan fingerprint density at radius 3 is 2.05 bits per heavy atom. The molecule has 3 rings (SSSR count). The zero-order valence-electron chi connectivity index (χ0n) is 12.5. The van der Waals surface area contributed by atoms with Gasteiger partial charge in [-0.15, -0.1) is 11.8 Å². The van der Waals surface area contributed by atoms with Gasteiger partial charge in [-0.2, -0.15) is 0 Å². The molecule has 1 N–H and O–H groups in total. The molecule has 0 fully saturated rings. The molecule has 110 valence electrons. The van der Waals surface area contributed by atoms with E-state index in [9.17, 15) is 0 Å². The number of fused-ring (bicyclic) bond motifs is 3. The first-order chi connectivity index (χ1) is 10.3. The van der Waals surface area contributed by atoms with Crippen molar-refractivity contribution in [2.24, 2.45) is 0 Å². The van der Waals surface area contributed by atoms with Crippen molar-refractivity contribution in [2.45, 2.75) is 30.9 Å². The lowest BCUT2D eigenvalue weighted by Crippen LogP contribution is -2.21. The number of benzene rings is 2. The second kappa shape index (κ2) is 6.25. The molecule has 0 amide bonds. The quantitative estimate of drug-likeness (QED) is 0.771. The Balaban J connectivity index is 2.13. The van der Waals surface area contributed by atoms with Gasteiger partial charge in [-0.3, -0.25) is 0 Å². The highest BCUT2D eigenvalue weighted by Gasteiger charge is 2.42. The van der Waals surface area contributed by atoms with Gasteiger partial charge in [-0.25, -0.2) is 0 Å². The van der Waals surface area contributed by atoms with Crippen molar-refractivity contribution < 1.29 is 5.11 Å². The minimum absolute atomic E-state index is 0.0666. The van der Waals surface area contributed by atoms with Crippen LogP contribution in [0, 0.1) is 0 Å². The van der Waals surface area contributed by atoms with Gasteiger partial charge >= 0.3 is 0 Å². The van der Waals surface area contributed by atoms with E-state index < -0.39 is 0 Å². The molecule has 0 aromatic heterocycles. The fourth-order valence-corrected chi connectivity index (χ4v) is 5.08. The molecule has 1 nitrogen and oxygen atoms in total. The van der Waals surface area contributed by atoms with Crippen molar-refractivity contribution in [2.75, 3.05) is 12.4 Å². The molecule has 0 aliphatic heterocycles. The van der Waals surface area contributed by atoms with Gasteiger partial charge in [0.05, 0.1) is 4.75 Å². The Bertz CT molecular complexity index is 575. The summed E-state index contributed by atoms with van der Waals surface area (Å²) in [6, 6.07) is 17.7. The second-order valence-electron chi connectivity index (χ2n) is 5.59. The van der Waals surface area contributed by atoms with Gasteiger partial charge in [0.15, 0.2) is 0 Å². The van der Waals surface area contributed by atoms with E-state index in [0.717, 1.165) is 25.0 Å². The summed E-state index contributed by atoms with van der Waals surface area (Å²) in [5.41, 5.74) is 5.68. The maximum absolute atomic E-state index is 9.13. The predicted octanol–water partition coefficient (Wildman–Crippen LogP) is 4.83. The zero-order valence-corrected chi connectivity index (χ0v) is 13.3. The SMILES string of the molecule is CCCC1(SCCCO)c2ccccc2-c2ccccc21. The summed E-state index contributed by atoms with van der Waals surface area (Å²) in [7, 11) is 0. The Kier molecular flexibility index (Phi) is 4.37. The van der Waals surface area contributed by atoms with E-state index in [-0.39, 0.29) is 11.4 Å². The Morgan fingerprint density at radius 1 is 0.952 bits per heavy atom. The van der Waals surface area contributed by atoms with Crippen LogP contribution in [-0.2, 0) is 4.75 Å². The van der Waals surface area contributed by atoms with Crippen LogP contribution in [0.1, 0.15) is 37.3 Å². The summed E-state index contributed by atoms with van der Waals surface area (Å²) < 4.78 is 0.0666. The molecule has 0 saturated carbocycles. The van der Waals surface area contributed by atoms with E-state index in [4.69, 9.17) is 5.11 Å². The highest BCUT2D eigenvalue weighted by atomic mass is 32.2. The van der Waals surface area contributed by atoms with E-state index in [2.05, 4.69) is 55.5 Å². The number of thioether (sulfide) groups is 1. The van der Waals surface area contributed by atoms with E-state index in [1.54, 1.807) is 0 Å². The summed E-state index contributed by atoms with van der Waals surface area (Å²) in [5.74, 6) is 0.999. The summed E-state index contributed by atoms with van der Waals surface area (Å²) in [5, 5.41) is 9.13. The molecular formula is C19H22OS. The summed E-state index contributed by atoms with van der Waals surface area (Å²) in [4.78, 5) is 0. The standard InChI is InChI=1S/C19H22OS/c1-2-12-19(21-14-7-13-20)17-10-5-3-8-15(17)16-9-4-6-11-18(16)19/h3-6,8-11,20H,2,7,12-14H2,1H3. The number of rotatable bonds is 6. The van der Waals surface area contributed by atoms with Crippen LogP contribution in [0.2, 0.25) is 0 Å². The topological polar surface area (TPSA) is 20.2 Å². The summed E-state index contributed by atoms with van der Waals surface area (Å²) >= 11 is 2.01. The lowest BCUT2D eigenvalue weighted by atomic mass is 9.91. The van der Waals surface area contributed by atoms with Crippen LogP contribution >= 0.6 is 11.8 Å². The van der Waals surface area contributed by atoms with Crippen LogP contribution in [0.3, 0.4) is 0 Å². The summed E-state index contributed by atoms with van der Waals surface area (Å²) in [6.45, 7) is 2.54. The lowest BCUT2D eigenvalue weighted by molar-refractivity contribution is 0.296. The van der Waals surface area contributed by atoms with E-state index in [1.165, 1.54) is 22.3 Å². The van der Waals surface area contributed by atoms with Gasteiger partial charge in [0.1, 0.15) is 0 Å². The molecule has 1 aliphatic rings. The van der Waals surface area contributed by atoms with Crippen molar-refractivity contribution in [1.82, 2.24) is 0 Å². The molecule has 0 radical (unpaired) electrons. The first-order valence-electron chi connectivity index (χ1n) is 7.77. The molecule has 0 saturated heterocycles. The number of hydrogen-bond donors (Lipinski definition) is 1. The number of hydrogen-bond acceptors (Lipinski definition) is 2. The maximum atomic E-state index is 9.13. The van der Waals surface area contributed by atoms with E-state index in [0.29, 0.717) is 0 Å².